The molecule has 1 saturated heterocycles. The second-order valence-electron chi connectivity index (χ2n) is 5.88. The minimum absolute atomic E-state index is 0.00472. The largest absolute Gasteiger partial charge is 0.367 e. The summed E-state index contributed by atoms with van der Waals surface area (Å²) in [5.74, 6) is -0.934. The number of amides is 2. The lowest BCUT2D eigenvalue weighted by molar-refractivity contribution is -0.139. The van der Waals surface area contributed by atoms with E-state index in [0.717, 1.165) is 5.69 Å². The van der Waals surface area contributed by atoms with Gasteiger partial charge in [-0.3, -0.25) is 19.3 Å². The fraction of sp³-hybridized carbons (Fsp3) is 0.353. The van der Waals surface area contributed by atoms with Crippen LogP contribution >= 0.6 is 11.6 Å². The van der Waals surface area contributed by atoms with E-state index in [-0.39, 0.29) is 36.1 Å². The van der Waals surface area contributed by atoms with Crippen molar-refractivity contribution >= 4 is 34.9 Å². The summed E-state index contributed by atoms with van der Waals surface area (Å²) in [5.41, 5.74) is 1.37. The van der Waals surface area contributed by atoms with Gasteiger partial charge in [-0.25, -0.2) is 0 Å². The van der Waals surface area contributed by atoms with Gasteiger partial charge in [-0.05, 0) is 44.0 Å². The molecule has 5 nitrogen and oxygen atoms in total. The zero-order chi connectivity index (χ0) is 16.6. The molecule has 0 bridgehead atoms. The molecule has 0 spiro atoms. The third-order valence-electron chi connectivity index (χ3n) is 4.39. The fourth-order valence-electron chi connectivity index (χ4n) is 3.05. The number of fused-ring (bicyclic) bond motifs is 1. The predicted octanol–water partition coefficient (Wildman–Crippen LogP) is 2.78. The number of likely N-dealkylation sites (tertiary alicyclic amines) is 1. The van der Waals surface area contributed by atoms with E-state index in [2.05, 4.69) is 5.32 Å². The summed E-state index contributed by atoms with van der Waals surface area (Å²) in [6.07, 6.45) is 2.80. The Morgan fingerprint density at radius 1 is 1.22 bits per heavy atom. The molecule has 1 fully saturated rings. The molecule has 2 amide bonds. The van der Waals surface area contributed by atoms with Crippen LogP contribution in [0, 0.1) is 11.8 Å². The lowest BCUT2D eigenvalue weighted by Gasteiger charge is -2.17. The predicted molar refractivity (Wildman–Crippen MR) is 86.9 cm³/mol. The number of anilines is 1. The smallest absolute Gasteiger partial charge is 0.234 e. The molecular weight excluding hydrogens is 316 g/mol. The van der Waals surface area contributed by atoms with Crippen LogP contribution < -0.4 is 5.32 Å². The summed E-state index contributed by atoms with van der Waals surface area (Å²) in [5, 5.41) is 3.71. The molecule has 1 heterocycles. The molecule has 0 saturated carbocycles. The van der Waals surface area contributed by atoms with Crippen LogP contribution in [-0.2, 0) is 9.59 Å². The molecule has 2 unspecified atom stereocenters. The van der Waals surface area contributed by atoms with Gasteiger partial charge in [0.15, 0.2) is 5.78 Å². The van der Waals surface area contributed by atoms with Crippen molar-refractivity contribution < 1.29 is 14.4 Å². The molecule has 0 radical (unpaired) electrons. The number of hydrogen-bond acceptors (Lipinski definition) is 4. The highest BCUT2D eigenvalue weighted by Gasteiger charge is 2.48. The molecule has 1 aromatic carbocycles. The van der Waals surface area contributed by atoms with Crippen molar-refractivity contribution in [2.45, 2.75) is 19.8 Å². The van der Waals surface area contributed by atoms with Crippen LogP contribution in [-0.4, -0.2) is 29.2 Å². The van der Waals surface area contributed by atoms with Crippen molar-refractivity contribution in [3.63, 3.8) is 0 Å². The van der Waals surface area contributed by atoms with Gasteiger partial charge in [-0.1, -0.05) is 17.7 Å². The molecule has 0 aromatic heterocycles. The van der Waals surface area contributed by atoms with Crippen molar-refractivity contribution in [1.29, 1.82) is 0 Å². The first-order valence-electron chi connectivity index (χ1n) is 7.52. The minimum atomic E-state index is -0.332. The molecule has 1 aliphatic heterocycles. The third-order valence-corrected chi connectivity index (χ3v) is 4.70. The van der Waals surface area contributed by atoms with Gasteiger partial charge in [0.1, 0.15) is 0 Å². The molecule has 3 rings (SSSR count). The summed E-state index contributed by atoms with van der Waals surface area (Å²) < 4.78 is 0. The number of rotatable bonds is 4. The van der Waals surface area contributed by atoms with Crippen LogP contribution in [0.2, 0.25) is 0 Å². The zero-order valence-corrected chi connectivity index (χ0v) is 13.5. The molecule has 6 heteroatoms. The number of imide groups is 1. The van der Waals surface area contributed by atoms with Crippen LogP contribution in [0.15, 0.2) is 35.4 Å². The highest BCUT2D eigenvalue weighted by atomic mass is 35.5. The van der Waals surface area contributed by atoms with Crippen molar-refractivity contribution in [3.05, 3.63) is 40.9 Å². The molecule has 2 atom stereocenters. The number of nitrogens with one attached hydrogen (secondary N) is 1. The van der Waals surface area contributed by atoms with Crippen LogP contribution in [0.25, 0.3) is 0 Å². The van der Waals surface area contributed by atoms with Crippen LogP contribution in [0.1, 0.15) is 30.1 Å². The van der Waals surface area contributed by atoms with Crippen LogP contribution in [0.4, 0.5) is 5.69 Å². The quantitative estimate of drug-likeness (QED) is 0.680. The summed E-state index contributed by atoms with van der Waals surface area (Å²) in [7, 11) is 0. The number of Topliss-reactive ketones (excluding diaryl/α,β-unsaturated/α-hetero) is 1. The van der Waals surface area contributed by atoms with Crippen LogP contribution in [0.3, 0.4) is 0 Å². The van der Waals surface area contributed by atoms with Crippen molar-refractivity contribution in [2.24, 2.45) is 11.8 Å². The number of halogens is 1. The van der Waals surface area contributed by atoms with Crippen molar-refractivity contribution in [1.82, 2.24) is 4.90 Å². The van der Waals surface area contributed by atoms with Gasteiger partial charge in [0, 0.05) is 16.3 Å². The third kappa shape index (κ3) is 3.01. The molecule has 1 aromatic rings. The number of ketones is 1. The standard InChI is InChI=1S/C17H17ClN2O3/c1-10(21)11-2-5-13(6-3-11)19-9-20-16(22)14-7-4-12(18)8-15(14)17(20)23/h2-6,14-15,19H,7-9H2,1H3. The lowest BCUT2D eigenvalue weighted by atomic mass is 9.85. The highest BCUT2D eigenvalue weighted by Crippen LogP contribution is 2.38. The monoisotopic (exact) mass is 332 g/mol. The van der Waals surface area contributed by atoms with Gasteiger partial charge >= 0.3 is 0 Å². The number of nitrogens with zero attached hydrogens (tertiary/aromatic N) is 1. The number of carbonyl (C=O) groups is 3. The normalized spacial score (nSPS) is 23.6. The van der Waals surface area contributed by atoms with Gasteiger partial charge in [0.05, 0.1) is 18.5 Å². The summed E-state index contributed by atoms with van der Waals surface area (Å²) >= 11 is 5.99. The summed E-state index contributed by atoms with van der Waals surface area (Å²) in [4.78, 5) is 37.3. The van der Waals surface area contributed by atoms with E-state index in [1.807, 2.05) is 6.08 Å². The van der Waals surface area contributed by atoms with E-state index in [1.54, 1.807) is 24.3 Å². The Balaban J connectivity index is 1.66. The van der Waals surface area contributed by atoms with Gasteiger partial charge in [-0.15, -0.1) is 0 Å². The number of hydrogen-bond donors (Lipinski definition) is 1. The van der Waals surface area contributed by atoms with E-state index in [4.69, 9.17) is 11.6 Å². The van der Waals surface area contributed by atoms with Gasteiger partial charge in [0.2, 0.25) is 11.8 Å². The van der Waals surface area contributed by atoms with Gasteiger partial charge < -0.3 is 5.32 Å². The Bertz CT molecular complexity index is 696. The lowest BCUT2D eigenvalue weighted by Crippen LogP contribution is -2.35. The maximum Gasteiger partial charge on any atom is 0.234 e. The van der Waals surface area contributed by atoms with E-state index in [9.17, 15) is 14.4 Å². The molecule has 120 valence electrons. The molecule has 1 N–H and O–H groups in total. The Morgan fingerprint density at radius 3 is 2.52 bits per heavy atom. The first-order chi connectivity index (χ1) is 11.0. The molecule has 1 aliphatic carbocycles. The number of benzene rings is 1. The Labute approximate surface area is 139 Å². The minimum Gasteiger partial charge on any atom is -0.367 e. The Hall–Kier alpha value is -2.14. The van der Waals surface area contributed by atoms with E-state index < -0.39 is 0 Å². The molecule has 23 heavy (non-hydrogen) atoms. The molecule has 2 aliphatic rings. The first kappa shape index (κ1) is 15.7. The maximum absolute atomic E-state index is 12.4. The fourth-order valence-corrected chi connectivity index (χ4v) is 3.30. The first-order valence-corrected chi connectivity index (χ1v) is 7.90. The highest BCUT2D eigenvalue weighted by molar-refractivity contribution is 6.30. The number of carbonyl (C=O) groups excluding carboxylic acids is 3. The Kier molecular flexibility index (Phi) is 4.22. The average molecular weight is 333 g/mol. The summed E-state index contributed by atoms with van der Waals surface area (Å²) in [6, 6.07) is 6.93. The number of allylic oxidation sites excluding steroid dienone is 2. The van der Waals surface area contributed by atoms with E-state index in [1.165, 1.54) is 11.8 Å². The van der Waals surface area contributed by atoms with Gasteiger partial charge in [0.25, 0.3) is 0 Å². The average Bonchev–Trinajstić information content (AvgIpc) is 2.77. The van der Waals surface area contributed by atoms with E-state index in [0.29, 0.717) is 23.4 Å². The SMILES string of the molecule is CC(=O)c1ccc(NCN2C(=O)C3CC=C(Cl)CC3C2=O)cc1. The topological polar surface area (TPSA) is 66.5 Å². The van der Waals surface area contributed by atoms with Crippen molar-refractivity contribution in [2.75, 3.05) is 12.0 Å². The maximum atomic E-state index is 12.4. The van der Waals surface area contributed by atoms with E-state index >= 15 is 0 Å². The van der Waals surface area contributed by atoms with Crippen molar-refractivity contribution in [3.8, 4) is 0 Å². The molecular formula is C17H17ClN2O3. The second-order valence-corrected chi connectivity index (χ2v) is 6.36. The zero-order valence-electron chi connectivity index (χ0n) is 12.7. The second kappa shape index (κ2) is 6.16. The summed E-state index contributed by atoms with van der Waals surface area (Å²) in [6.45, 7) is 1.63. The van der Waals surface area contributed by atoms with Gasteiger partial charge in [-0.2, -0.15) is 0 Å². The van der Waals surface area contributed by atoms with Crippen LogP contribution in [0.5, 0.6) is 0 Å². The Morgan fingerprint density at radius 2 is 1.87 bits per heavy atom.